The fourth-order valence-corrected chi connectivity index (χ4v) is 3.02. The molecule has 2 aliphatic rings. The first kappa shape index (κ1) is 12.2. The number of carbonyl (C=O) groups excluding carboxylic acids is 1. The summed E-state index contributed by atoms with van der Waals surface area (Å²) < 4.78 is 14.1. The molecule has 0 unspecified atom stereocenters. The first-order valence-electron chi connectivity index (χ1n) is 6.26. The van der Waals surface area contributed by atoms with Gasteiger partial charge in [0.1, 0.15) is 11.6 Å². The first-order valence-corrected chi connectivity index (χ1v) is 6.26. The number of fused-ring (bicyclic) bond motifs is 1. The number of amides is 1. The molecule has 0 aliphatic carbocycles. The van der Waals surface area contributed by atoms with Crippen LogP contribution in [0, 0.1) is 11.7 Å². The Bertz CT molecular complexity index is 559. The van der Waals surface area contributed by atoms with Crippen LogP contribution in [0.5, 0.6) is 0 Å². The van der Waals surface area contributed by atoms with E-state index in [0.717, 1.165) is 0 Å². The fraction of sp³-hybridized carbons (Fsp3) is 0.357. The molecule has 2 fully saturated rings. The SMILES string of the molecule is C=C1N[C@@]2(c3ccccc3F)CNC[C@H]2C(=O)N1C. The molecule has 1 aromatic rings. The largest absolute Gasteiger partial charge is 0.360 e. The van der Waals surface area contributed by atoms with Crippen molar-refractivity contribution in [3.8, 4) is 0 Å². The van der Waals surface area contributed by atoms with E-state index in [4.69, 9.17) is 0 Å². The molecule has 2 saturated heterocycles. The second-order valence-corrected chi connectivity index (χ2v) is 5.10. The van der Waals surface area contributed by atoms with Crippen molar-refractivity contribution in [2.45, 2.75) is 5.54 Å². The Morgan fingerprint density at radius 3 is 2.95 bits per heavy atom. The maximum absolute atomic E-state index is 14.1. The molecule has 0 saturated carbocycles. The van der Waals surface area contributed by atoms with Crippen LogP contribution in [0.2, 0.25) is 0 Å². The van der Waals surface area contributed by atoms with Crippen LogP contribution in [0.1, 0.15) is 5.56 Å². The topological polar surface area (TPSA) is 44.4 Å². The Kier molecular flexibility index (Phi) is 2.60. The summed E-state index contributed by atoms with van der Waals surface area (Å²) in [6, 6.07) is 6.59. The van der Waals surface area contributed by atoms with Crippen LogP contribution in [-0.4, -0.2) is 30.9 Å². The number of benzene rings is 1. The van der Waals surface area contributed by atoms with Gasteiger partial charge in [0.2, 0.25) is 5.91 Å². The number of halogens is 1. The van der Waals surface area contributed by atoms with E-state index in [1.165, 1.54) is 11.0 Å². The highest BCUT2D eigenvalue weighted by atomic mass is 19.1. The van der Waals surface area contributed by atoms with E-state index in [0.29, 0.717) is 24.5 Å². The van der Waals surface area contributed by atoms with Crippen LogP contribution >= 0.6 is 0 Å². The highest BCUT2D eigenvalue weighted by molar-refractivity contribution is 5.84. The summed E-state index contributed by atoms with van der Waals surface area (Å²) in [5.74, 6) is -0.140. The van der Waals surface area contributed by atoms with Gasteiger partial charge < -0.3 is 15.5 Å². The molecular formula is C14H16FN3O. The maximum Gasteiger partial charge on any atom is 0.234 e. The first-order chi connectivity index (χ1) is 9.06. The summed E-state index contributed by atoms with van der Waals surface area (Å²) in [6.07, 6.45) is 0. The van der Waals surface area contributed by atoms with E-state index in [-0.39, 0.29) is 17.6 Å². The Morgan fingerprint density at radius 2 is 2.21 bits per heavy atom. The number of nitrogens with one attached hydrogen (secondary N) is 2. The predicted octanol–water partition coefficient (Wildman–Crippen LogP) is 0.773. The van der Waals surface area contributed by atoms with E-state index < -0.39 is 5.54 Å². The zero-order valence-electron chi connectivity index (χ0n) is 10.7. The maximum atomic E-state index is 14.1. The lowest BCUT2D eigenvalue weighted by atomic mass is 9.78. The molecule has 1 amide bonds. The van der Waals surface area contributed by atoms with E-state index in [2.05, 4.69) is 17.2 Å². The van der Waals surface area contributed by atoms with Gasteiger partial charge in [-0.25, -0.2) is 4.39 Å². The average molecular weight is 261 g/mol. The minimum absolute atomic E-state index is 0.0306. The highest BCUT2D eigenvalue weighted by Gasteiger charge is 2.53. The summed E-state index contributed by atoms with van der Waals surface area (Å²) in [5.41, 5.74) is -0.209. The predicted molar refractivity (Wildman–Crippen MR) is 69.5 cm³/mol. The van der Waals surface area contributed by atoms with Gasteiger partial charge in [-0.1, -0.05) is 24.8 Å². The monoisotopic (exact) mass is 261 g/mol. The normalized spacial score (nSPS) is 30.2. The van der Waals surface area contributed by atoms with Crippen LogP contribution in [0.4, 0.5) is 4.39 Å². The third kappa shape index (κ3) is 1.58. The van der Waals surface area contributed by atoms with Crippen LogP contribution in [0.3, 0.4) is 0 Å². The number of hydrogen-bond acceptors (Lipinski definition) is 3. The standard InChI is InChI=1S/C14H16FN3O/c1-9-17-14(10-5-3-4-6-12(10)15)8-16-7-11(14)13(19)18(9)2/h3-6,11,16-17H,1,7-8H2,2H3/t11-,14+/m0/s1. The smallest absolute Gasteiger partial charge is 0.234 e. The van der Waals surface area contributed by atoms with Gasteiger partial charge in [0.25, 0.3) is 0 Å². The summed E-state index contributed by atoms with van der Waals surface area (Å²) in [4.78, 5) is 13.9. The van der Waals surface area contributed by atoms with Crippen molar-refractivity contribution in [2.24, 2.45) is 5.92 Å². The molecule has 3 rings (SSSR count). The molecule has 2 heterocycles. The van der Waals surface area contributed by atoms with Crippen molar-refractivity contribution in [1.82, 2.24) is 15.5 Å². The van der Waals surface area contributed by atoms with Gasteiger partial charge in [0.05, 0.1) is 11.5 Å². The minimum Gasteiger partial charge on any atom is -0.360 e. The van der Waals surface area contributed by atoms with E-state index in [1.807, 2.05) is 0 Å². The van der Waals surface area contributed by atoms with Crippen molar-refractivity contribution in [1.29, 1.82) is 0 Å². The zero-order valence-corrected chi connectivity index (χ0v) is 10.7. The average Bonchev–Trinajstić information content (AvgIpc) is 2.81. The Morgan fingerprint density at radius 1 is 1.47 bits per heavy atom. The van der Waals surface area contributed by atoms with Crippen molar-refractivity contribution in [3.63, 3.8) is 0 Å². The molecule has 0 aromatic heterocycles. The lowest BCUT2D eigenvalue weighted by Gasteiger charge is -2.44. The molecule has 100 valence electrons. The molecule has 0 radical (unpaired) electrons. The summed E-state index contributed by atoms with van der Waals surface area (Å²) in [5, 5.41) is 6.42. The second-order valence-electron chi connectivity index (χ2n) is 5.10. The van der Waals surface area contributed by atoms with Gasteiger partial charge in [-0.3, -0.25) is 4.79 Å². The molecule has 1 aromatic carbocycles. The van der Waals surface area contributed by atoms with Gasteiger partial charge in [0, 0.05) is 25.7 Å². The molecule has 2 atom stereocenters. The molecule has 0 spiro atoms. The van der Waals surface area contributed by atoms with Crippen LogP contribution < -0.4 is 10.6 Å². The third-order valence-electron chi connectivity index (χ3n) is 4.10. The third-order valence-corrected chi connectivity index (χ3v) is 4.10. The quantitative estimate of drug-likeness (QED) is 0.785. The summed E-state index contributed by atoms with van der Waals surface area (Å²) in [7, 11) is 1.68. The van der Waals surface area contributed by atoms with Crippen molar-refractivity contribution in [3.05, 3.63) is 48.0 Å². The van der Waals surface area contributed by atoms with Crippen molar-refractivity contribution < 1.29 is 9.18 Å². The van der Waals surface area contributed by atoms with Gasteiger partial charge in [-0.05, 0) is 6.07 Å². The Labute approximate surface area is 111 Å². The lowest BCUT2D eigenvalue weighted by molar-refractivity contribution is -0.137. The Hall–Kier alpha value is -1.88. The van der Waals surface area contributed by atoms with Crippen LogP contribution in [0.15, 0.2) is 36.7 Å². The fourth-order valence-electron chi connectivity index (χ4n) is 3.02. The molecule has 2 aliphatic heterocycles. The second kappa shape index (κ2) is 4.06. The molecule has 4 nitrogen and oxygen atoms in total. The molecule has 5 heteroatoms. The van der Waals surface area contributed by atoms with Crippen molar-refractivity contribution in [2.75, 3.05) is 20.1 Å². The number of carbonyl (C=O) groups is 1. The number of nitrogens with zero attached hydrogens (tertiary/aromatic N) is 1. The van der Waals surface area contributed by atoms with Gasteiger partial charge in [-0.15, -0.1) is 0 Å². The van der Waals surface area contributed by atoms with Gasteiger partial charge in [0.15, 0.2) is 0 Å². The van der Waals surface area contributed by atoms with Gasteiger partial charge >= 0.3 is 0 Å². The molecule has 0 bridgehead atoms. The van der Waals surface area contributed by atoms with E-state index >= 15 is 0 Å². The highest BCUT2D eigenvalue weighted by Crippen LogP contribution is 2.39. The lowest BCUT2D eigenvalue weighted by Crippen LogP contribution is -2.60. The number of hydrogen-bond donors (Lipinski definition) is 2. The number of rotatable bonds is 1. The molecule has 2 N–H and O–H groups in total. The molecule has 19 heavy (non-hydrogen) atoms. The summed E-state index contributed by atoms with van der Waals surface area (Å²) in [6.45, 7) is 4.90. The molecular weight excluding hydrogens is 245 g/mol. The van der Waals surface area contributed by atoms with Crippen LogP contribution in [0.25, 0.3) is 0 Å². The van der Waals surface area contributed by atoms with Crippen LogP contribution in [-0.2, 0) is 10.3 Å². The van der Waals surface area contributed by atoms with Crippen molar-refractivity contribution >= 4 is 5.91 Å². The van der Waals surface area contributed by atoms with E-state index in [9.17, 15) is 9.18 Å². The Balaban J connectivity index is 2.13. The summed E-state index contributed by atoms with van der Waals surface area (Å²) >= 11 is 0. The zero-order chi connectivity index (χ0) is 13.6. The minimum atomic E-state index is -0.730. The van der Waals surface area contributed by atoms with E-state index in [1.54, 1.807) is 25.2 Å². The van der Waals surface area contributed by atoms with Gasteiger partial charge in [-0.2, -0.15) is 0 Å².